The van der Waals surface area contributed by atoms with E-state index in [9.17, 15) is 0 Å². The summed E-state index contributed by atoms with van der Waals surface area (Å²) in [4.78, 5) is 2.43. The fraction of sp³-hybridized carbons (Fsp3) is 0.714. The van der Waals surface area contributed by atoms with Crippen LogP contribution < -0.4 is 5.32 Å². The SMILES string of the molecule is COC1CCN(Cc2ccoc2CNC(C)C)C1. The summed E-state index contributed by atoms with van der Waals surface area (Å²) in [6.45, 7) is 8.20. The molecule has 1 saturated heterocycles. The van der Waals surface area contributed by atoms with Crippen molar-refractivity contribution in [3.8, 4) is 0 Å². The highest BCUT2D eigenvalue weighted by Gasteiger charge is 2.23. The highest BCUT2D eigenvalue weighted by molar-refractivity contribution is 5.17. The number of ether oxygens (including phenoxy) is 1. The molecule has 1 unspecified atom stereocenters. The van der Waals surface area contributed by atoms with Gasteiger partial charge in [0.1, 0.15) is 5.76 Å². The molecule has 4 heteroatoms. The molecule has 1 N–H and O–H groups in total. The van der Waals surface area contributed by atoms with Crippen LogP contribution in [0.15, 0.2) is 16.7 Å². The molecule has 1 aromatic rings. The van der Waals surface area contributed by atoms with Crippen molar-refractivity contribution in [2.75, 3.05) is 20.2 Å². The number of furan rings is 1. The zero-order valence-corrected chi connectivity index (χ0v) is 11.6. The smallest absolute Gasteiger partial charge is 0.122 e. The molecule has 0 amide bonds. The first kappa shape index (κ1) is 13.6. The van der Waals surface area contributed by atoms with E-state index in [0.29, 0.717) is 12.1 Å². The average molecular weight is 252 g/mol. The maximum Gasteiger partial charge on any atom is 0.122 e. The summed E-state index contributed by atoms with van der Waals surface area (Å²) in [5.41, 5.74) is 1.29. The number of likely N-dealkylation sites (tertiary alicyclic amines) is 1. The molecule has 0 spiro atoms. The largest absolute Gasteiger partial charge is 0.468 e. The number of hydrogen-bond acceptors (Lipinski definition) is 4. The number of rotatable bonds is 6. The van der Waals surface area contributed by atoms with Crippen molar-refractivity contribution in [3.05, 3.63) is 23.7 Å². The lowest BCUT2D eigenvalue weighted by molar-refractivity contribution is 0.107. The van der Waals surface area contributed by atoms with Gasteiger partial charge in [0.15, 0.2) is 0 Å². The van der Waals surface area contributed by atoms with Crippen LogP contribution in [0.3, 0.4) is 0 Å². The van der Waals surface area contributed by atoms with Gasteiger partial charge in [-0.05, 0) is 12.5 Å². The molecule has 102 valence electrons. The average Bonchev–Trinajstić information content (AvgIpc) is 2.96. The third kappa shape index (κ3) is 3.57. The van der Waals surface area contributed by atoms with Gasteiger partial charge >= 0.3 is 0 Å². The minimum Gasteiger partial charge on any atom is -0.468 e. The Labute approximate surface area is 109 Å². The molecule has 18 heavy (non-hydrogen) atoms. The van der Waals surface area contributed by atoms with Crippen molar-refractivity contribution in [2.24, 2.45) is 0 Å². The Bertz CT molecular complexity index is 362. The Morgan fingerprint density at radius 2 is 2.39 bits per heavy atom. The lowest BCUT2D eigenvalue weighted by atomic mass is 10.2. The molecule has 1 fully saturated rings. The van der Waals surface area contributed by atoms with Crippen LogP contribution in [0.1, 0.15) is 31.6 Å². The van der Waals surface area contributed by atoms with E-state index in [2.05, 4.69) is 30.1 Å². The molecule has 1 atom stereocenters. The van der Waals surface area contributed by atoms with Gasteiger partial charge in [0.2, 0.25) is 0 Å². The molecule has 0 saturated carbocycles. The molecule has 2 heterocycles. The van der Waals surface area contributed by atoms with E-state index < -0.39 is 0 Å². The van der Waals surface area contributed by atoms with Crippen LogP contribution in [0.4, 0.5) is 0 Å². The van der Waals surface area contributed by atoms with Crippen LogP contribution in [-0.4, -0.2) is 37.2 Å². The number of methoxy groups -OCH3 is 1. The summed E-state index contributed by atoms with van der Waals surface area (Å²) in [5.74, 6) is 1.06. The van der Waals surface area contributed by atoms with Crippen molar-refractivity contribution in [3.63, 3.8) is 0 Å². The Kier molecular flexibility index (Phi) is 4.80. The van der Waals surface area contributed by atoms with Gasteiger partial charge in [-0.15, -0.1) is 0 Å². The molecule has 1 aromatic heterocycles. The Hall–Kier alpha value is -0.840. The van der Waals surface area contributed by atoms with Crippen molar-refractivity contribution in [1.82, 2.24) is 10.2 Å². The summed E-state index contributed by atoms with van der Waals surface area (Å²) < 4.78 is 11.0. The van der Waals surface area contributed by atoms with Gasteiger partial charge in [0, 0.05) is 38.3 Å². The maximum absolute atomic E-state index is 5.56. The summed E-state index contributed by atoms with van der Waals surface area (Å²) in [6.07, 6.45) is 3.32. The lowest BCUT2D eigenvalue weighted by Crippen LogP contribution is -2.25. The van der Waals surface area contributed by atoms with Gasteiger partial charge in [-0.1, -0.05) is 13.8 Å². The van der Waals surface area contributed by atoms with Crippen LogP contribution >= 0.6 is 0 Å². The minimum atomic E-state index is 0.397. The third-order valence-electron chi connectivity index (χ3n) is 3.46. The quantitative estimate of drug-likeness (QED) is 0.840. The fourth-order valence-electron chi connectivity index (χ4n) is 2.33. The monoisotopic (exact) mass is 252 g/mol. The number of nitrogens with zero attached hydrogens (tertiary/aromatic N) is 1. The number of hydrogen-bond donors (Lipinski definition) is 1. The standard InChI is InChI=1S/C14H24N2O2/c1-11(2)15-8-14-12(5-7-18-14)9-16-6-4-13(10-16)17-3/h5,7,11,13,15H,4,6,8-10H2,1-3H3. The van der Waals surface area contributed by atoms with E-state index in [1.54, 1.807) is 13.4 Å². The second kappa shape index (κ2) is 6.36. The maximum atomic E-state index is 5.56. The van der Waals surface area contributed by atoms with Gasteiger partial charge in [-0.3, -0.25) is 4.90 Å². The van der Waals surface area contributed by atoms with Crippen LogP contribution in [0, 0.1) is 0 Å². The first-order valence-corrected chi connectivity index (χ1v) is 6.73. The van der Waals surface area contributed by atoms with E-state index in [4.69, 9.17) is 9.15 Å². The molecule has 0 aromatic carbocycles. The molecule has 1 aliphatic rings. The third-order valence-corrected chi connectivity index (χ3v) is 3.46. The molecule has 0 bridgehead atoms. The van der Waals surface area contributed by atoms with E-state index in [0.717, 1.165) is 38.4 Å². The van der Waals surface area contributed by atoms with Crippen molar-refractivity contribution >= 4 is 0 Å². The molecular weight excluding hydrogens is 228 g/mol. The zero-order chi connectivity index (χ0) is 13.0. The Morgan fingerprint density at radius 3 is 3.06 bits per heavy atom. The van der Waals surface area contributed by atoms with Crippen LogP contribution in [0.5, 0.6) is 0 Å². The second-order valence-corrected chi connectivity index (χ2v) is 5.29. The van der Waals surface area contributed by atoms with Crippen molar-refractivity contribution in [1.29, 1.82) is 0 Å². The molecule has 4 nitrogen and oxygen atoms in total. The predicted octanol–water partition coefficient (Wildman–Crippen LogP) is 2.00. The predicted molar refractivity (Wildman–Crippen MR) is 71.4 cm³/mol. The van der Waals surface area contributed by atoms with Gasteiger partial charge in [0.05, 0.1) is 18.9 Å². The van der Waals surface area contributed by atoms with Gasteiger partial charge in [-0.25, -0.2) is 0 Å². The van der Waals surface area contributed by atoms with E-state index in [1.807, 2.05) is 0 Å². The van der Waals surface area contributed by atoms with E-state index >= 15 is 0 Å². The Balaban J connectivity index is 1.87. The zero-order valence-electron chi connectivity index (χ0n) is 11.6. The first-order chi connectivity index (χ1) is 8.69. The normalized spacial score (nSPS) is 21.0. The molecule has 0 radical (unpaired) electrons. The van der Waals surface area contributed by atoms with Crippen LogP contribution in [-0.2, 0) is 17.8 Å². The van der Waals surface area contributed by atoms with Gasteiger partial charge < -0.3 is 14.5 Å². The lowest BCUT2D eigenvalue weighted by Gasteiger charge is -2.15. The highest BCUT2D eigenvalue weighted by atomic mass is 16.5. The Morgan fingerprint density at radius 1 is 1.56 bits per heavy atom. The van der Waals surface area contributed by atoms with Crippen molar-refractivity contribution < 1.29 is 9.15 Å². The summed E-state index contributed by atoms with van der Waals surface area (Å²) in [6, 6.07) is 2.56. The summed E-state index contributed by atoms with van der Waals surface area (Å²) >= 11 is 0. The fourth-order valence-corrected chi connectivity index (χ4v) is 2.33. The highest BCUT2D eigenvalue weighted by Crippen LogP contribution is 2.18. The van der Waals surface area contributed by atoms with Gasteiger partial charge in [0.25, 0.3) is 0 Å². The van der Waals surface area contributed by atoms with E-state index in [-0.39, 0.29) is 0 Å². The first-order valence-electron chi connectivity index (χ1n) is 6.73. The topological polar surface area (TPSA) is 37.6 Å². The summed E-state index contributed by atoms with van der Waals surface area (Å²) in [7, 11) is 1.80. The summed E-state index contributed by atoms with van der Waals surface area (Å²) in [5, 5.41) is 3.40. The van der Waals surface area contributed by atoms with Crippen LogP contribution in [0.2, 0.25) is 0 Å². The second-order valence-electron chi connectivity index (χ2n) is 5.29. The molecular formula is C14H24N2O2. The molecule has 0 aliphatic carbocycles. The molecule has 2 rings (SSSR count). The molecule has 1 aliphatic heterocycles. The van der Waals surface area contributed by atoms with Gasteiger partial charge in [-0.2, -0.15) is 0 Å². The minimum absolute atomic E-state index is 0.397. The van der Waals surface area contributed by atoms with Crippen molar-refractivity contribution in [2.45, 2.75) is 45.5 Å². The van der Waals surface area contributed by atoms with E-state index in [1.165, 1.54) is 5.56 Å². The number of nitrogens with one attached hydrogen (secondary N) is 1. The van der Waals surface area contributed by atoms with Crippen LogP contribution in [0.25, 0.3) is 0 Å².